The number of nitrogens with zero attached hydrogens (tertiary/aromatic N) is 1. The van der Waals surface area contributed by atoms with Crippen LogP contribution >= 0.6 is 0 Å². The zero-order valence-electron chi connectivity index (χ0n) is 16.4. The summed E-state index contributed by atoms with van der Waals surface area (Å²) in [6, 6.07) is 12.4. The maximum atomic E-state index is 12.4. The van der Waals surface area contributed by atoms with Gasteiger partial charge in [-0.25, -0.2) is 0 Å². The van der Waals surface area contributed by atoms with E-state index in [4.69, 9.17) is 4.84 Å². The summed E-state index contributed by atoms with van der Waals surface area (Å²) in [5.41, 5.74) is 5.91. The van der Waals surface area contributed by atoms with Crippen molar-refractivity contribution in [1.82, 2.24) is 10.0 Å². The molecule has 9 heteroatoms. The lowest BCUT2D eigenvalue weighted by atomic mass is 10.0. The summed E-state index contributed by atoms with van der Waals surface area (Å²) in [6.45, 7) is 2.30. The Morgan fingerprint density at radius 2 is 1.83 bits per heavy atom. The molecular weight excluding hydrogens is 401 g/mol. The van der Waals surface area contributed by atoms with Crippen molar-refractivity contribution in [2.75, 3.05) is 7.11 Å². The van der Waals surface area contributed by atoms with Gasteiger partial charge < -0.3 is 19.2 Å². The number of nitrogens with one attached hydrogen (secondary N) is 1. The Morgan fingerprint density at radius 3 is 2.43 bits per heavy atom. The van der Waals surface area contributed by atoms with Crippen molar-refractivity contribution in [2.24, 2.45) is 0 Å². The summed E-state index contributed by atoms with van der Waals surface area (Å²) in [7, 11) is 1.36. The third-order valence-corrected chi connectivity index (χ3v) is 4.83. The molecule has 6 nitrogen and oxygen atoms in total. The van der Waals surface area contributed by atoms with Gasteiger partial charge in [0, 0.05) is 29.6 Å². The Bertz CT molecular complexity index is 1030. The third-order valence-electron chi connectivity index (χ3n) is 4.83. The molecule has 0 aliphatic heterocycles. The van der Waals surface area contributed by atoms with Gasteiger partial charge in [0.15, 0.2) is 0 Å². The molecule has 0 unspecified atom stereocenters. The number of hydroxylamine groups is 1. The van der Waals surface area contributed by atoms with Gasteiger partial charge in [-0.15, -0.1) is 13.2 Å². The van der Waals surface area contributed by atoms with Crippen LogP contribution in [0.5, 0.6) is 5.75 Å². The lowest BCUT2D eigenvalue weighted by Gasteiger charge is -2.14. The highest BCUT2D eigenvalue weighted by atomic mass is 19.4. The van der Waals surface area contributed by atoms with Crippen LogP contribution in [-0.2, 0) is 22.6 Å². The predicted molar refractivity (Wildman–Crippen MR) is 104 cm³/mol. The summed E-state index contributed by atoms with van der Waals surface area (Å²) < 4.78 is 43.0. The van der Waals surface area contributed by atoms with Gasteiger partial charge in [-0.3, -0.25) is 4.79 Å². The number of para-hydroxylation sites is 1. The monoisotopic (exact) mass is 422 g/mol. The Kier molecular flexibility index (Phi) is 6.33. The van der Waals surface area contributed by atoms with E-state index in [1.165, 1.54) is 19.2 Å². The van der Waals surface area contributed by atoms with E-state index in [0.717, 1.165) is 27.7 Å². The van der Waals surface area contributed by atoms with E-state index in [9.17, 15) is 23.1 Å². The van der Waals surface area contributed by atoms with Gasteiger partial charge >= 0.3 is 12.3 Å². The van der Waals surface area contributed by atoms with Gasteiger partial charge in [-0.1, -0.05) is 30.3 Å². The molecule has 2 aromatic carbocycles. The topological polar surface area (TPSA) is 72.7 Å². The second-order valence-corrected chi connectivity index (χ2v) is 6.78. The number of hydrogen-bond donors (Lipinski definition) is 2. The summed E-state index contributed by atoms with van der Waals surface area (Å²) in [6.07, 6.45) is -4.53. The number of halogens is 3. The van der Waals surface area contributed by atoms with Gasteiger partial charge in [0.2, 0.25) is 0 Å². The number of benzene rings is 2. The van der Waals surface area contributed by atoms with Crippen LogP contribution in [0, 0.1) is 6.92 Å². The van der Waals surface area contributed by atoms with Crippen LogP contribution in [0.15, 0.2) is 48.5 Å². The number of carbonyl (C=O) groups is 1. The van der Waals surface area contributed by atoms with E-state index in [2.05, 4.69) is 10.2 Å². The van der Waals surface area contributed by atoms with Gasteiger partial charge in [0.05, 0.1) is 7.11 Å². The molecular formula is C21H21F3N2O4. The SMILES string of the molecule is CON[C@@H](Cc1c(C)n(Cc2ccc(OC(F)(F)F)cc2)c2ccccc12)C(=O)O. The van der Waals surface area contributed by atoms with Crippen LogP contribution in [0.25, 0.3) is 10.9 Å². The Morgan fingerprint density at radius 1 is 1.17 bits per heavy atom. The first-order valence-corrected chi connectivity index (χ1v) is 9.12. The van der Waals surface area contributed by atoms with Crippen molar-refractivity contribution in [3.05, 3.63) is 65.4 Å². The number of ether oxygens (including phenoxy) is 1. The molecule has 1 heterocycles. The normalized spacial score (nSPS) is 12.8. The number of aliphatic carboxylic acids is 1. The Labute approximate surface area is 170 Å². The molecule has 3 aromatic rings. The lowest BCUT2D eigenvalue weighted by Crippen LogP contribution is -2.37. The first-order valence-electron chi connectivity index (χ1n) is 9.12. The van der Waals surface area contributed by atoms with Crippen LogP contribution in [0.3, 0.4) is 0 Å². The molecule has 0 aliphatic rings. The van der Waals surface area contributed by atoms with Crippen molar-refractivity contribution in [1.29, 1.82) is 0 Å². The number of carboxylic acids is 1. The standard InChI is InChI=1S/C21H21F3N2O4/c1-13-17(11-18(20(27)28)25-29-2)16-5-3-4-6-19(16)26(13)12-14-7-9-15(10-8-14)30-21(22,23)24/h3-10,18,25H,11-12H2,1-2H3,(H,27,28)/t18-/m0/s1. The van der Waals surface area contributed by atoms with Crippen LogP contribution in [0.4, 0.5) is 13.2 Å². The number of fused-ring (bicyclic) bond motifs is 1. The molecule has 0 bridgehead atoms. The van der Waals surface area contributed by atoms with Crippen LogP contribution in [0.2, 0.25) is 0 Å². The Balaban J connectivity index is 1.93. The number of aromatic nitrogens is 1. The first-order chi connectivity index (χ1) is 14.2. The third kappa shape index (κ3) is 4.92. The highest BCUT2D eigenvalue weighted by molar-refractivity contribution is 5.86. The highest BCUT2D eigenvalue weighted by Crippen LogP contribution is 2.29. The second kappa shape index (κ2) is 8.76. The quantitative estimate of drug-likeness (QED) is 0.536. The van der Waals surface area contributed by atoms with E-state index >= 15 is 0 Å². The molecule has 3 rings (SSSR count). The van der Waals surface area contributed by atoms with Gasteiger partial charge in [-0.05, 0) is 36.2 Å². The van der Waals surface area contributed by atoms with E-state index in [1.807, 2.05) is 35.8 Å². The van der Waals surface area contributed by atoms with Crippen molar-refractivity contribution in [2.45, 2.75) is 32.3 Å². The molecule has 2 N–H and O–H groups in total. The number of rotatable bonds is 8. The number of hydrogen-bond acceptors (Lipinski definition) is 4. The van der Waals surface area contributed by atoms with E-state index in [0.29, 0.717) is 6.54 Å². The average Bonchev–Trinajstić information content (AvgIpc) is 2.93. The summed E-state index contributed by atoms with van der Waals surface area (Å²) >= 11 is 0. The minimum absolute atomic E-state index is 0.209. The zero-order valence-corrected chi connectivity index (χ0v) is 16.4. The molecule has 0 aliphatic carbocycles. The average molecular weight is 422 g/mol. The van der Waals surface area contributed by atoms with E-state index in [1.54, 1.807) is 12.1 Å². The minimum atomic E-state index is -4.74. The smallest absolute Gasteiger partial charge is 0.480 e. The van der Waals surface area contributed by atoms with Crippen molar-refractivity contribution in [3.63, 3.8) is 0 Å². The summed E-state index contributed by atoms with van der Waals surface area (Å²) in [4.78, 5) is 16.3. The zero-order chi connectivity index (χ0) is 21.9. The summed E-state index contributed by atoms with van der Waals surface area (Å²) in [5, 5.41) is 10.3. The fraction of sp³-hybridized carbons (Fsp3) is 0.286. The fourth-order valence-electron chi connectivity index (χ4n) is 3.47. The van der Waals surface area contributed by atoms with Gasteiger partial charge in [0.1, 0.15) is 11.8 Å². The number of alkyl halides is 3. The minimum Gasteiger partial charge on any atom is -0.480 e. The maximum Gasteiger partial charge on any atom is 0.573 e. The van der Waals surface area contributed by atoms with E-state index in [-0.39, 0.29) is 12.2 Å². The maximum absolute atomic E-state index is 12.4. The molecule has 30 heavy (non-hydrogen) atoms. The predicted octanol–water partition coefficient (Wildman–Crippen LogP) is 4.04. The molecule has 0 fully saturated rings. The van der Waals surface area contributed by atoms with E-state index < -0.39 is 18.4 Å². The van der Waals surface area contributed by atoms with Crippen molar-refractivity contribution in [3.8, 4) is 5.75 Å². The van der Waals surface area contributed by atoms with Crippen LogP contribution in [0.1, 0.15) is 16.8 Å². The van der Waals surface area contributed by atoms with Crippen LogP contribution in [-0.4, -0.2) is 35.2 Å². The second-order valence-electron chi connectivity index (χ2n) is 6.78. The largest absolute Gasteiger partial charge is 0.573 e. The first kappa shape index (κ1) is 21.7. The van der Waals surface area contributed by atoms with Gasteiger partial charge in [-0.2, -0.15) is 5.48 Å². The lowest BCUT2D eigenvalue weighted by molar-refractivity contribution is -0.274. The fourth-order valence-corrected chi connectivity index (χ4v) is 3.47. The van der Waals surface area contributed by atoms with Crippen molar-refractivity contribution < 1.29 is 32.6 Å². The highest BCUT2D eigenvalue weighted by Gasteiger charge is 2.31. The molecule has 0 radical (unpaired) electrons. The molecule has 0 spiro atoms. The molecule has 1 atom stereocenters. The molecule has 0 saturated carbocycles. The molecule has 0 amide bonds. The Hall–Kier alpha value is -3.04. The van der Waals surface area contributed by atoms with Gasteiger partial charge in [0.25, 0.3) is 0 Å². The molecule has 0 saturated heterocycles. The number of carboxylic acid groups (broad SMARTS) is 1. The summed E-state index contributed by atoms with van der Waals surface area (Å²) in [5.74, 6) is -1.32. The molecule has 160 valence electrons. The van der Waals surface area contributed by atoms with Crippen LogP contribution < -0.4 is 10.2 Å². The molecule has 1 aromatic heterocycles. The van der Waals surface area contributed by atoms with Crippen molar-refractivity contribution >= 4 is 16.9 Å².